The van der Waals surface area contributed by atoms with Crippen molar-refractivity contribution < 1.29 is 14.6 Å². The van der Waals surface area contributed by atoms with Gasteiger partial charge in [0, 0.05) is 23.9 Å². The highest BCUT2D eigenvalue weighted by atomic mass is 16.5. The molecular weight excluding hydrogens is 432 g/mol. The van der Waals surface area contributed by atoms with Crippen molar-refractivity contribution >= 4 is 28.4 Å². The number of phenols is 1. The number of hydrogen-bond acceptors (Lipinski definition) is 7. The molecule has 0 spiro atoms. The van der Waals surface area contributed by atoms with Crippen molar-refractivity contribution in [2.45, 2.75) is 51.0 Å². The lowest BCUT2D eigenvalue weighted by molar-refractivity contribution is -0.120. The summed E-state index contributed by atoms with van der Waals surface area (Å²) in [6, 6.07) is 12.5. The summed E-state index contributed by atoms with van der Waals surface area (Å²) in [5.74, 6) is 1.94. The van der Waals surface area contributed by atoms with Crippen molar-refractivity contribution in [3.63, 3.8) is 0 Å². The number of amides is 1. The van der Waals surface area contributed by atoms with Gasteiger partial charge in [-0.25, -0.2) is 9.97 Å². The number of carbonyl (C=O) groups excluding carboxylic acids is 1. The Bertz CT molecular complexity index is 1300. The van der Waals surface area contributed by atoms with Crippen LogP contribution in [0.25, 0.3) is 27.9 Å². The van der Waals surface area contributed by atoms with E-state index in [9.17, 15) is 9.90 Å². The summed E-state index contributed by atoms with van der Waals surface area (Å²) in [6.07, 6.45) is 7.78. The minimum atomic E-state index is 0.196. The molecular formula is C25H28N6O3. The van der Waals surface area contributed by atoms with Crippen LogP contribution in [0.3, 0.4) is 0 Å². The molecule has 0 radical (unpaired) electrons. The minimum absolute atomic E-state index is 0.196. The fourth-order valence-electron chi connectivity index (χ4n) is 4.03. The van der Waals surface area contributed by atoms with E-state index in [2.05, 4.69) is 20.4 Å². The molecule has 3 heterocycles. The van der Waals surface area contributed by atoms with Gasteiger partial charge in [-0.1, -0.05) is 12.5 Å². The molecule has 34 heavy (non-hydrogen) atoms. The van der Waals surface area contributed by atoms with Crippen LogP contribution < -0.4 is 15.8 Å². The predicted octanol–water partition coefficient (Wildman–Crippen LogP) is 3.84. The van der Waals surface area contributed by atoms with Crippen molar-refractivity contribution in [1.29, 1.82) is 0 Å². The number of nitrogens with two attached hydrogens (primary N) is 1. The maximum atomic E-state index is 10.6. The quantitative estimate of drug-likeness (QED) is 0.424. The number of aromatic hydroxyl groups is 1. The Hall–Kier alpha value is -3.88. The first-order valence-electron chi connectivity index (χ1n) is 11.8. The van der Waals surface area contributed by atoms with E-state index in [0.29, 0.717) is 17.0 Å². The average Bonchev–Trinajstić information content (AvgIpc) is 3.13. The summed E-state index contributed by atoms with van der Waals surface area (Å²) < 4.78 is 7.61. The van der Waals surface area contributed by atoms with Crippen LogP contribution in [-0.2, 0) is 4.79 Å². The summed E-state index contributed by atoms with van der Waals surface area (Å²) in [5.41, 5.74) is 8.27. The van der Waals surface area contributed by atoms with Crippen LogP contribution in [0.4, 0.5) is 5.95 Å². The summed E-state index contributed by atoms with van der Waals surface area (Å²) in [7, 11) is 0. The molecule has 6 rings (SSSR count). The second-order valence-electron chi connectivity index (χ2n) is 8.67. The molecule has 2 aromatic carbocycles. The normalized spacial score (nSPS) is 16.3. The van der Waals surface area contributed by atoms with Gasteiger partial charge in [-0.15, -0.1) is 5.10 Å². The number of nitrogens with one attached hydrogen (secondary N) is 1. The zero-order valence-corrected chi connectivity index (χ0v) is 18.9. The molecule has 1 amide bonds. The lowest BCUT2D eigenvalue weighted by Crippen LogP contribution is -2.24. The molecule has 0 atom stereocenters. The molecule has 0 unspecified atom stereocenters. The van der Waals surface area contributed by atoms with Gasteiger partial charge in [0.1, 0.15) is 17.0 Å². The number of para-hydroxylation sites is 1. The maximum Gasteiger partial charge on any atom is 0.223 e. The number of anilines is 1. The first kappa shape index (κ1) is 21.9. The number of nitrogen functional groups attached to an aromatic ring is 1. The molecule has 1 saturated heterocycles. The van der Waals surface area contributed by atoms with Crippen molar-refractivity contribution in [3.05, 3.63) is 42.5 Å². The van der Waals surface area contributed by atoms with Crippen LogP contribution in [-0.4, -0.2) is 43.2 Å². The van der Waals surface area contributed by atoms with E-state index in [4.69, 9.17) is 10.5 Å². The highest BCUT2D eigenvalue weighted by Gasteiger charge is 2.22. The standard InChI is InChI=1S/C19H17N5O2.C6H11NO/c20-19-21-16-14(5-2-6-15(16)26-13-3-1-4-13)18-22-17(23-24(18)19)11-7-9-12(25)10-8-11;8-6-4-2-1-3-5-7-6/h2,5-10,13,25H,1,3-4H2,(H2,20,21);1-5H2,(H,7,8). The number of fused-ring (bicyclic) bond motifs is 3. The van der Waals surface area contributed by atoms with E-state index in [1.807, 2.05) is 18.2 Å². The van der Waals surface area contributed by atoms with Crippen LogP contribution in [0.5, 0.6) is 11.5 Å². The lowest BCUT2D eigenvalue weighted by atomic mass is 9.96. The topological polar surface area (TPSA) is 128 Å². The molecule has 4 aromatic rings. The molecule has 9 heteroatoms. The van der Waals surface area contributed by atoms with E-state index in [0.717, 1.165) is 55.3 Å². The smallest absolute Gasteiger partial charge is 0.223 e. The van der Waals surface area contributed by atoms with Crippen LogP contribution >= 0.6 is 0 Å². The second-order valence-corrected chi connectivity index (χ2v) is 8.67. The summed E-state index contributed by atoms with van der Waals surface area (Å²) in [5, 5.41) is 17.6. The van der Waals surface area contributed by atoms with Crippen molar-refractivity contribution in [1.82, 2.24) is 24.9 Å². The monoisotopic (exact) mass is 460 g/mol. The number of nitrogens with zero attached hydrogens (tertiary/aromatic N) is 4. The first-order chi connectivity index (χ1) is 16.6. The van der Waals surface area contributed by atoms with Crippen LogP contribution in [0.2, 0.25) is 0 Å². The van der Waals surface area contributed by atoms with Gasteiger partial charge in [-0.2, -0.15) is 4.52 Å². The van der Waals surface area contributed by atoms with Crippen molar-refractivity contribution in [2.75, 3.05) is 12.3 Å². The summed E-state index contributed by atoms with van der Waals surface area (Å²) in [6.45, 7) is 0.888. The van der Waals surface area contributed by atoms with Gasteiger partial charge in [0.15, 0.2) is 11.5 Å². The van der Waals surface area contributed by atoms with Gasteiger partial charge in [0.25, 0.3) is 0 Å². The summed E-state index contributed by atoms with van der Waals surface area (Å²) >= 11 is 0. The Balaban J connectivity index is 0.000000257. The van der Waals surface area contributed by atoms with Gasteiger partial charge in [-0.3, -0.25) is 4.79 Å². The molecule has 4 N–H and O–H groups in total. The second kappa shape index (κ2) is 9.54. The third-order valence-corrected chi connectivity index (χ3v) is 6.16. The molecule has 9 nitrogen and oxygen atoms in total. The zero-order chi connectivity index (χ0) is 23.5. The van der Waals surface area contributed by atoms with Gasteiger partial charge < -0.3 is 20.9 Å². The van der Waals surface area contributed by atoms with Crippen LogP contribution in [0, 0.1) is 0 Å². The Kier molecular flexibility index (Phi) is 6.16. The fraction of sp³-hybridized carbons (Fsp3) is 0.360. The molecule has 2 aliphatic rings. The minimum Gasteiger partial charge on any atom is -0.508 e. The number of carbonyl (C=O) groups is 1. The zero-order valence-electron chi connectivity index (χ0n) is 18.9. The Morgan fingerprint density at radius 1 is 1.03 bits per heavy atom. The number of benzene rings is 2. The average molecular weight is 461 g/mol. The number of rotatable bonds is 3. The predicted molar refractivity (Wildman–Crippen MR) is 130 cm³/mol. The van der Waals surface area contributed by atoms with Crippen LogP contribution in [0.15, 0.2) is 42.5 Å². The molecule has 2 fully saturated rings. The highest BCUT2D eigenvalue weighted by molar-refractivity contribution is 5.96. The van der Waals surface area contributed by atoms with E-state index in [-0.39, 0.29) is 23.7 Å². The van der Waals surface area contributed by atoms with E-state index in [1.165, 1.54) is 17.4 Å². The number of aromatic nitrogens is 4. The van der Waals surface area contributed by atoms with Gasteiger partial charge in [0.05, 0.1) is 6.10 Å². The Labute approximate surface area is 197 Å². The maximum absolute atomic E-state index is 10.6. The van der Waals surface area contributed by atoms with Crippen molar-refractivity contribution in [2.24, 2.45) is 0 Å². The number of phenolic OH excluding ortho intramolecular Hbond substituents is 1. The Morgan fingerprint density at radius 3 is 2.62 bits per heavy atom. The molecule has 0 bridgehead atoms. The highest BCUT2D eigenvalue weighted by Crippen LogP contribution is 2.32. The molecule has 2 aromatic heterocycles. The SMILES string of the molecule is Nc1nc2c(OC3CCC3)cccc2c2nc(-c3ccc(O)cc3)nn12.O=C1CCCCCN1. The molecule has 1 aliphatic carbocycles. The van der Waals surface area contributed by atoms with Crippen LogP contribution in [0.1, 0.15) is 44.9 Å². The van der Waals surface area contributed by atoms with Gasteiger partial charge in [-0.05, 0) is 68.5 Å². The number of ether oxygens (including phenoxy) is 1. The van der Waals surface area contributed by atoms with E-state index < -0.39 is 0 Å². The molecule has 1 saturated carbocycles. The largest absolute Gasteiger partial charge is 0.508 e. The lowest BCUT2D eigenvalue weighted by Gasteiger charge is -2.26. The third-order valence-electron chi connectivity index (χ3n) is 6.16. The van der Waals surface area contributed by atoms with Gasteiger partial charge >= 0.3 is 0 Å². The Morgan fingerprint density at radius 2 is 1.85 bits per heavy atom. The molecule has 1 aliphatic heterocycles. The summed E-state index contributed by atoms with van der Waals surface area (Å²) in [4.78, 5) is 19.7. The first-order valence-corrected chi connectivity index (χ1v) is 11.8. The van der Waals surface area contributed by atoms with E-state index in [1.54, 1.807) is 24.3 Å². The van der Waals surface area contributed by atoms with Crippen molar-refractivity contribution in [3.8, 4) is 22.9 Å². The van der Waals surface area contributed by atoms with Gasteiger partial charge in [0.2, 0.25) is 11.9 Å². The van der Waals surface area contributed by atoms with E-state index >= 15 is 0 Å². The fourth-order valence-corrected chi connectivity index (χ4v) is 4.03. The number of hydrogen-bond donors (Lipinski definition) is 3. The molecule has 176 valence electrons. The third kappa shape index (κ3) is 4.59.